The number of nitrogens with one attached hydrogen (secondary N) is 1. The second kappa shape index (κ2) is 7.24. The summed E-state index contributed by atoms with van der Waals surface area (Å²) in [5, 5.41) is 13.3. The van der Waals surface area contributed by atoms with E-state index in [0.717, 1.165) is 25.4 Å². The van der Waals surface area contributed by atoms with E-state index in [0.29, 0.717) is 5.92 Å². The third kappa shape index (κ3) is 4.52. The molecule has 1 aliphatic carbocycles. The summed E-state index contributed by atoms with van der Waals surface area (Å²) in [5.74, 6) is 1.32. The number of hydrogen-bond donors (Lipinski definition) is 2. The molecule has 0 spiro atoms. The van der Waals surface area contributed by atoms with E-state index in [9.17, 15) is 5.11 Å². The Morgan fingerprint density at radius 3 is 2.47 bits per heavy atom. The number of aliphatic hydroxyl groups is 1. The van der Waals surface area contributed by atoms with Gasteiger partial charge in [-0.05, 0) is 31.2 Å². The van der Waals surface area contributed by atoms with Crippen molar-refractivity contribution in [2.45, 2.75) is 58.5 Å². The molecule has 2 N–H and O–H groups in total. The maximum Gasteiger partial charge on any atom is 0.0580 e. The van der Waals surface area contributed by atoms with Crippen LogP contribution in [-0.4, -0.2) is 24.3 Å². The molecule has 0 aromatic heterocycles. The van der Waals surface area contributed by atoms with Crippen LogP contribution in [0.2, 0.25) is 0 Å². The van der Waals surface area contributed by atoms with Crippen LogP contribution in [0.15, 0.2) is 0 Å². The van der Waals surface area contributed by atoms with Gasteiger partial charge in [0.15, 0.2) is 0 Å². The van der Waals surface area contributed by atoms with E-state index >= 15 is 0 Å². The molecule has 0 saturated heterocycles. The zero-order valence-corrected chi connectivity index (χ0v) is 10.3. The smallest absolute Gasteiger partial charge is 0.0580 e. The molecular weight excluding hydrogens is 186 g/mol. The molecule has 1 saturated carbocycles. The minimum absolute atomic E-state index is 0.0482. The zero-order valence-electron chi connectivity index (χ0n) is 10.3. The van der Waals surface area contributed by atoms with E-state index in [1.54, 1.807) is 0 Å². The molecule has 0 bridgehead atoms. The standard InChI is InChI=1S/C13H27NO/c1-3-11(4-2)9-14-10-12-7-5-6-8-13(12)15/h11-15H,3-10H2,1-2H3. The van der Waals surface area contributed by atoms with Gasteiger partial charge in [-0.1, -0.05) is 39.5 Å². The van der Waals surface area contributed by atoms with Crippen LogP contribution < -0.4 is 5.32 Å². The lowest BCUT2D eigenvalue weighted by molar-refractivity contribution is 0.0691. The predicted molar refractivity (Wildman–Crippen MR) is 64.9 cm³/mol. The third-order valence-corrected chi connectivity index (χ3v) is 3.86. The van der Waals surface area contributed by atoms with Crippen molar-refractivity contribution in [2.75, 3.05) is 13.1 Å². The van der Waals surface area contributed by atoms with Gasteiger partial charge in [-0.2, -0.15) is 0 Å². The summed E-state index contributed by atoms with van der Waals surface area (Å²) in [6.07, 6.45) is 7.20. The SMILES string of the molecule is CCC(CC)CNCC1CCCCC1O. The summed E-state index contributed by atoms with van der Waals surface area (Å²) in [6, 6.07) is 0. The van der Waals surface area contributed by atoms with Crippen molar-refractivity contribution in [1.29, 1.82) is 0 Å². The van der Waals surface area contributed by atoms with Gasteiger partial charge in [-0.3, -0.25) is 0 Å². The van der Waals surface area contributed by atoms with Crippen molar-refractivity contribution in [3.63, 3.8) is 0 Å². The Morgan fingerprint density at radius 1 is 1.20 bits per heavy atom. The van der Waals surface area contributed by atoms with Crippen LogP contribution in [-0.2, 0) is 0 Å². The second-order valence-corrected chi connectivity index (χ2v) is 4.95. The normalized spacial score (nSPS) is 27.2. The van der Waals surface area contributed by atoms with Crippen LogP contribution in [0.1, 0.15) is 52.4 Å². The van der Waals surface area contributed by atoms with Gasteiger partial charge in [-0.15, -0.1) is 0 Å². The zero-order chi connectivity index (χ0) is 11.1. The quantitative estimate of drug-likeness (QED) is 0.711. The van der Waals surface area contributed by atoms with Crippen LogP contribution in [0.5, 0.6) is 0 Å². The van der Waals surface area contributed by atoms with Gasteiger partial charge in [0.05, 0.1) is 6.10 Å². The number of hydrogen-bond acceptors (Lipinski definition) is 2. The van der Waals surface area contributed by atoms with E-state index in [1.807, 2.05) is 0 Å². The monoisotopic (exact) mass is 213 g/mol. The first-order valence-corrected chi connectivity index (χ1v) is 6.66. The van der Waals surface area contributed by atoms with Crippen molar-refractivity contribution in [3.05, 3.63) is 0 Å². The summed E-state index contributed by atoms with van der Waals surface area (Å²) in [5.41, 5.74) is 0. The Hall–Kier alpha value is -0.0800. The highest BCUT2D eigenvalue weighted by Crippen LogP contribution is 2.23. The predicted octanol–water partition coefficient (Wildman–Crippen LogP) is 2.56. The van der Waals surface area contributed by atoms with Gasteiger partial charge in [0.1, 0.15) is 0 Å². The molecule has 2 heteroatoms. The lowest BCUT2D eigenvalue weighted by Crippen LogP contribution is -2.35. The average Bonchev–Trinajstić information content (AvgIpc) is 2.27. The summed E-state index contributed by atoms with van der Waals surface area (Å²) < 4.78 is 0. The molecule has 90 valence electrons. The molecule has 0 amide bonds. The molecule has 2 nitrogen and oxygen atoms in total. The van der Waals surface area contributed by atoms with Gasteiger partial charge < -0.3 is 10.4 Å². The largest absolute Gasteiger partial charge is 0.393 e. The maximum absolute atomic E-state index is 9.81. The molecule has 0 aromatic rings. The topological polar surface area (TPSA) is 32.3 Å². The third-order valence-electron chi connectivity index (χ3n) is 3.86. The fourth-order valence-corrected chi connectivity index (χ4v) is 2.48. The summed E-state index contributed by atoms with van der Waals surface area (Å²) in [4.78, 5) is 0. The molecule has 1 rings (SSSR count). The molecule has 1 fully saturated rings. The first-order chi connectivity index (χ1) is 7.27. The van der Waals surface area contributed by atoms with Crippen molar-refractivity contribution in [2.24, 2.45) is 11.8 Å². The Balaban J connectivity index is 2.12. The first kappa shape index (κ1) is 13.0. The Kier molecular flexibility index (Phi) is 6.26. The van der Waals surface area contributed by atoms with Gasteiger partial charge in [-0.25, -0.2) is 0 Å². The lowest BCUT2D eigenvalue weighted by Gasteiger charge is -2.28. The van der Waals surface area contributed by atoms with Gasteiger partial charge in [0.2, 0.25) is 0 Å². The van der Waals surface area contributed by atoms with Crippen molar-refractivity contribution < 1.29 is 5.11 Å². The van der Waals surface area contributed by atoms with Crippen LogP contribution in [0, 0.1) is 11.8 Å². The first-order valence-electron chi connectivity index (χ1n) is 6.66. The molecular formula is C13H27NO. The van der Waals surface area contributed by atoms with E-state index in [2.05, 4.69) is 19.2 Å². The fourth-order valence-electron chi connectivity index (χ4n) is 2.48. The minimum Gasteiger partial charge on any atom is -0.393 e. The van der Waals surface area contributed by atoms with E-state index in [-0.39, 0.29) is 6.10 Å². The molecule has 0 radical (unpaired) electrons. The molecule has 0 aromatic carbocycles. The molecule has 2 unspecified atom stereocenters. The van der Waals surface area contributed by atoms with Crippen molar-refractivity contribution in [1.82, 2.24) is 5.32 Å². The van der Waals surface area contributed by atoms with Gasteiger partial charge in [0, 0.05) is 6.54 Å². The lowest BCUT2D eigenvalue weighted by atomic mass is 9.86. The average molecular weight is 213 g/mol. The molecule has 15 heavy (non-hydrogen) atoms. The molecule has 1 aliphatic rings. The van der Waals surface area contributed by atoms with Crippen LogP contribution >= 0.6 is 0 Å². The Morgan fingerprint density at radius 2 is 1.87 bits per heavy atom. The highest BCUT2D eigenvalue weighted by Gasteiger charge is 2.22. The van der Waals surface area contributed by atoms with E-state index < -0.39 is 0 Å². The number of rotatable bonds is 6. The summed E-state index contributed by atoms with van der Waals surface area (Å²) >= 11 is 0. The Labute approximate surface area is 94.5 Å². The van der Waals surface area contributed by atoms with Crippen LogP contribution in [0.3, 0.4) is 0 Å². The second-order valence-electron chi connectivity index (χ2n) is 4.95. The highest BCUT2D eigenvalue weighted by molar-refractivity contribution is 4.76. The maximum atomic E-state index is 9.81. The van der Waals surface area contributed by atoms with E-state index in [1.165, 1.54) is 32.1 Å². The molecule has 0 aliphatic heterocycles. The number of aliphatic hydroxyl groups excluding tert-OH is 1. The van der Waals surface area contributed by atoms with E-state index in [4.69, 9.17) is 0 Å². The molecule has 0 heterocycles. The van der Waals surface area contributed by atoms with Gasteiger partial charge >= 0.3 is 0 Å². The highest BCUT2D eigenvalue weighted by atomic mass is 16.3. The Bertz CT molecular complexity index is 157. The fraction of sp³-hybridized carbons (Fsp3) is 1.00. The van der Waals surface area contributed by atoms with Crippen molar-refractivity contribution >= 4 is 0 Å². The van der Waals surface area contributed by atoms with Crippen LogP contribution in [0.25, 0.3) is 0 Å². The van der Waals surface area contributed by atoms with Crippen LogP contribution in [0.4, 0.5) is 0 Å². The van der Waals surface area contributed by atoms with Crippen molar-refractivity contribution in [3.8, 4) is 0 Å². The summed E-state index contributed by atoms with van der Waals surface area (Å²) in [6.45, 7) is 6.64. The van der Waals surface area contributed by atoms with Gasteiger partial charge in [0.25, 0.3) is 0 Å². The minimum atomic E-state index is -0.0482. The molecule has 2 atom stereocenters. The summed E-state index contributed by atoms with van der Waals surface area (Å²) in [7, 11) is 0.